The number of benzene rings is 2. The van der Waals surface area contributed by atoms with Gasteiger partial charge in [0.25, 0.3) is 0 Å². The standard InChI is InChI=1S/C36H52N6O7S2/c1-24(2)20-42(51(47,48)30-16-14-28(15-17-30)19-37-46)22-32(43)31(18-27-12-10-9-11-13-27)39-34(44)33(25(3)49-36(5,6)7)40-35(45)41(8)21-29-23-50-26(4)38-29/h9-17,19,23-25,31-33,43,46H,18,20-22H2,1-8H3,(H,39,44)(H,40,45)/t25-,31-,32-,33-/m0/s1. The molecule has 0 radical (unpaired) electrons. The average molecular weight is 745 g/mol. The number of aliphatic hydroxyl groups is 1. The minimum absolute atomic E-state index is 0.00180. The maximum atomic E-state index is 14.2. The predicted molar refractivity (Wildman–Crippen MR) is 198 cm³/mol. The molecular formula is C36H52N6O7S2. The minimum Gasteiger partial charge on any atom is -0.411 e. The summed E-state index contributed by atoms with van der Waals surface area (Å²) in [5.41, 5.74) is 1.38. The number of hydrogen-bond acceptors (Lipinski definition) is 10. The van der Waals surface area contributed by atoms with E-state index >= 15 is 0 Å². The summed E-state index contributed by atoms with van der Waals surface area (Å²) in [5.74, 6) is -0.688. The number of hydrogen-bond donors (Lipinski definition) is 4. The van der Waals surface area contributed by atoms with Gasteiger partial charge in [-0.3, -0.25) is 4.79 Å². The largest absolute Gasteiger partial charge is 0.411 e. The predicted octanol–water partition coefficient (Wildman–Crippen LogP) is 4.41. The van der Waals surface area contributed by atoms with Crippen molar-refractivity contribution in [2.24, 2.45) is 11.1 Å². The highest BCUT2D eigenvalue weighted by atomic mass is 32.2. The van der Waals surface area contributed by atoms with E-state index in [0.29, 0.717) is 5.56 Å². The van der Waals surface area contributed by atoms with Crippen molar-refractivity contribution in [1.82, 2.24) is 24.8 Å². The minimum atomic E-state index is -4.09. The number of carbonyl (C=O) groups excluding carboxylic acids is 2. The lowest BCUT2D eigenvalue weighted by Crippen LogP contribution is -2.60. The van der Waals surface area contributed by atoms with E-state index in [4.69, 9.17) is 9.94 Å². The maximum absolute atomic E-state index is 14.2. The zero-order chi connectivity index (χ0) is 37.9. The molecule has 3 aromatic rings. The quantitative estimate of drug-likeness (QED) is 0.0894. The number of ether oxygens (including phenoxy) is 1. The Kier molecular flexibility index (Phi) is 15.1. The van der Waals surface area contributed by atoms with Gasteiger partial charge in [0.15, 0.2) is 0 Å². The molecule has 0 saturated heterocycles. The Hall–Kier alpha value is -3.89. The molecule has 3 rings (SSSR count). The molecule has 13 nitrogen and oxygen atoms in total. The monoisotopic (exact) mass is 744 g/mol. The Bertz CT molecular complexity index is 1690. The van der Waals surface area contributed by atoms with Gasteiger partial charge in [0.1, 0.15) is 6.04 Å². The molecule has 0 spiro atoms. The first-order valence-electron chi connectivity index (χ1n) is 16.8. The van der Waals surface area contributed by atoms with Crippen molar-refractivity contribution in [1.29, 1.82) is 0 Å². The summed E-state index contributed by atoms with van der Waals surface area (Å²) in [6.07, 6.45) is -0.771. The Labute approximate surface area is 305 Å². The Morgan fingerprint density at radius 1 is 1.04 bits per heavy atom. The molecule has 280 valence electrons. The summed E-state index contributed by atoms with van der Waals surface area (Å²) >= 11 is 1.48. The number of sulfonamides is 1. The lowest BCUT2D eigenvalue weighted by molar-refractivity contribution is -0.132. The first-order chi connectivity index (χ1) is 23.9. The van der Waals surface area contributed by atoms with Crippen molar-refractivity contribution in [3.8, 4) is 0 Å². The third kappa shape index (κ3) is 13.0. The van der Waals surface area contributed by atoms with E-state index in [1.54, 1.807) is 14.0 Å². The van der Waals surface area contributed by atoms with Gasteiger partial charge in [-0.15, -0.1) is 11.3 Å². The molecule has 0 saturated carbocycles. The zero-order valence-corrected chi connectivity index (χ0v) is 32.2. The van der Waals surface area contributed by atoms with E-state index in [0.717, 1.165) is 16.3 Å². The number of amides is 3. The van der Waals surface area contributed by atoms with E-state index in [2.05, 4.69) is 20.8 Å². The normalized spacial score (nSPS) is 14.7. The molecule has 4 atom stereocenters. The second-order valence-corrected chi connectivity index (χ2v) is 17.0. The summed E-state index contributed by atoms with van der Waals surface area (Å²) < 4.78 is 35.1. The van der Waals surface area contributed by atoms with Gasteiger partial charge in [0.2, 0.25) is 15.9 Å². The molecule has 0 unspecified atom stereocenters. The molecule has 15 heteroatoms. The first-order valence-corrected chi connectivity index (χ1v) is 19.1. The molecule has 0 fully saturated rings. The Morgan fingerprint density at radius 2 is 1.69 bits per heavy atom. The fourth-order valence-electron chi connectivity index (χ4n) is 5.44. The second-order valence-electron chi connectivity index (χ2n) is 14.0. The van der Waals surface area contributed by atoms with Crippen LogP contribution in [0.5, 0.6) is 0 Å². The smallest absolute Gasteiger partial charge is 0.318 e. The molecule has 0 aliphatic rings. The molecule has 1 aromatic heterocycles. The van der Waals surface area contributed by atoms with Crippen LogP contribution >= 0.6 is 11.3 Å². The average Bonchev–Trinajstić information content (AvgIpc) is 3.46. The summed E-state index contributed by atoms with van der Waals surface area (Å²) in [5, 5.41) is 32.1. The van der Waals surface area contributed by atoms with Crippen LogP contribution in [0.15, 0.2) is 70.0 Å². The number of carbonyl (C=O) groups is 2. The number of aromatic nitrogens is 1. The number of aryl methyl sites for hydroxylation is 1. The van der Waals surface area contributed by atoms with Gasteiger partial charge in [0, 0.05) is 25.5 Å². The molecule has 4 N–H and O–H groups in total. The van der Waals surface area contributed by atoms with E-state index in [1.165, 1.54) is 51.0 Å². The van der Waals surface area contributed by atoms with Gasteiger partial charge in [-0.1, -0.05) is 61.5 Å². The van der Waals surface area contributed by atoms with E-state index in [1.807, 2.05) is 77.3 Å². The molecule has 0 bridgehead atoms. The van der Waals surface area contributed by atoms with Crippen LogP contribution in [-0.2, 0) is 32.5 Å². The lowest BCUT2D eigenvalue weighted by Gasteiger charge is -2.34. The van der Waals surface area contributed by atoms with Crippen LogP contribution in [0.1, 0.15) is 63.4 Å². The second kappa shape index (κ2) is 18.6. The third-order valence-electron chi connectivity index (χ3n) is 7.76. The van der Waals surface area contributed by atoms with Crippen LogP contribution < -0.4 is 10.6 Å². The number of aliphatic hydroxyl groups excluding tert-OH is 1. The molecule has 2 aromatic carbocycles. The lowest BCUT2D eigenvalue weighted by atomic mass is 9.99. The number of rotatable bonds is 17. The van der Waals surface area contributed by atoms with Gasteiger partial charge in [-0.05, 0) is 70.2 Å². The molecule has 3 amide bonds. The molecule has 1 heterocycles. The molecule has 51 heavy (non-hydrogen) atoms. The third-order valence-corrected chi connectivity index (χ3v) is 10.4. The molecular weight excluding hydrogens is 693 g/mol. The Balaban J connectivity index is 1.92. The molecule has 0 aliphatic carbocycles. The van der Waals surface area contributed by atoms with E-state index < -0.39 is 51.9 Å². The zero-order valence-electron chi connectivity index (χ0n) is 30.6. The van der Waals surface area contributed by atoms with Crippen molar-refractivity contribution < 1.29 is 33.1 Å². The van der Waals surface area contributed by atoms with Crippen molar-refractivity contribution in [2.75, 3.05) is 20.1 Å². The fourth-order valence-corrected chi connectivity index (χ4v) is 7.67. The highest BCUT2D eigenvalue weighted by Crippen LogP contribution is 2.21. The van der Waals surface area contributed by atoms with Gasteiger partial charge in [-0.25, -0.2) is 18.2 Å². The van der Waals surface area contributed by atoms with Crippen LogP contribution in [0.25, 0.3) is 0 Å². The van der Waals surface area contributed by atoms with Crippen LogP contribution in [0.2, 0.25) is 0 Å². The first kappa shape index (κ1) is 41.5. The Morgan fingerprint density at radius 3 is 2.24 bits per heavy atom. The van der Waals surface area contributed by atoms with Gasteiger partial charge in [-0.2, -0.15) is 4.31 Å². The van der Waals surface area contributed by atoms with Crippen molar-refractivity contribution in [2.45, 2.75) is 96.2 Å². The number of urea groups is 1. The van der Waals surface area contributed by atoms with Crippen LogP contribution in [0.3, 0.4) is 0 Å². The van der Waals surface area contributed by atoms with Gasteiger partial charge < -0.3 is 30.6 Å². The van der Waals surface area contributed by atoms with Crippen LogP contribution in [0, 0.1) is 12.8 Å². The molecule has 0 aliphatic heterocycles. The maximum Gasteiger partial charge on any atom is 0.318 e. The number of nitrogens with one attached hydrogen (secondary N) is 2. The summed E-state index contributed by atoms with van der Waals surface area (Å²) in [7, 11) is -2.49. The van der Waals surface area contributed by atoms with E-state index in [-0.39, 0.29) is 36.9 Å². The number of thiazole rings is 1. The van der Waals surface area contributed by atoms with E-state index in [9.17, 15) is 23.1 Å². The van der Waals surface area contributed by atoms with Crippen molar-refractivity contribution in [3.05, 3.63) is 81.8 Å². The van der Waals surface area contributed by atoms with Gasteiger partial charge in [0.05, 0.1) is 52.2 Å². The fraction of sp³-hybridized carbons (Fsp3) is 0.500. The highest BCUT2D eigenvalue weighted by Gasteiger charge is 2.36. The van der Waals surface area contributed by atoms with Gasteiger partial charge >= 0.3 is 6.03 Å². The van der Waals surface area contributed by atoms with Crippen molar-refractivity contribution in [3.63, 3.8) is 0 Å². The summed E-state index contributed by atoms with van der Waals surface area (Å²) in [4.78, 5) is 33.4. The number of nitrogens with zero attached hydrogens (tertiary/aromatic N) is 4. The number of oxime groups is 1. The SMILES string of the molecule is Cc1nc(CN(C)C(=O)N[C@H](C(=O)N[C@@H](Cc2ccccc2)[C@@H](O)CN(CC(C)C)S(=O)(=O)c2ccc(C=NO)cc2)[C@H](C)OC(C)(C)C)cs1. The van der Waals surface area contributed by atoms with Crippen LogP contribution in [-0.4, -0.2) is 101 Å². The summed E-state index contributed by atoms with van der Waals surface area (Å²) in [6.45, 7) is 12.9. The highest BCUT2D eigenvalue weighted by molar-refractivity contribution is 7.89. The van der Waals surface area contributed by atoms with Crippen molar-refractivity contribution >= 4 is 39.5 Å². The summed E-state index contributed by atoms with van der Waals surface area (Å²) in [6, 6.07) is 12.4. The van der Waals surface area contributed by atoms with Crippen LogP contribution in [0.4, 0.5) is 4.79 Å². The topological polar surface area (TPSA) is 174 Å².